The molecule has 86 valence electrons. The Morgan fingerprint density at radius 3 is 2.81 bits per heavy atom. The van der Waals surface area contributed by atoms with Gasteiger partial charge < -0.3 is 10.1 Å². The van der Waals surface area contributed by atoms with Crippen molar-refractivity contribution in [1.82, 2.24) is 5.32 Å². The number of hydrogen-bond acceptors (Lipinski definition) is 3. The predicted octanol–water partition coefficient (Wildman–Crippen LogP) is 2.01. The highest BCUT2D eigenvalue weighted by Crippen LogP contribution is 2.13. The summed E-state index contributed by atoms with van der Waals surface area (Å²) in [6.07, 6.45) is 0.471. The van der Waals surface area contributed by atoms with Crippen LogP contribution in [0.3, 0.4) is 0 Å². The standard InChI is InChI=1S/C12H14BrNO2/c13-10-3-1-9(2-4-10)12(15)7-11-8-14-5-6-16-11/h1-4,11,14H,5-8H2. The summed E-state index contributed by atoms with van der Waals surface area (Å²) in [6, 6.07) is 7.44. The van der Waals surface area contributed by atoms with Crippen LogP contribution in [0, 0.1) is 0 Å². The molecule has 1 heterocycles. The summed E-state index contributed by atoms with van der Waals surface area (Å²) in [4.78, 5) is 11.9. The number of Topliss-reactive ketones (excluding diaryl/α,β-unsaturated/α-hetero) is 1. The van der Waals surface area contributed by atoms with Gasteiger partial charge in [-0.25, -0.2) is 0 Å². The minimum absolute atomic E-state index is 0.0184. The van der Waals surface area contributed by atoms with E-state index in [9.17, 15) is 4.79 Å². The van der Waals surface area contributed by atoms with Crippen molar-refractivity contribution >= 4 is 21.7 Å². The molecule has 0 spiro atoms. The molecule has 1 unspecified atom stereocenters. The van der Waals surface area contributed by atoms with E-state index in [0.29, 0.717) is 13.0 Å². The van der Waals surface area contributed by atoms with Gasteiger partial charge in [-0.3, -0.25) is 4.79 Å². The summed E-state index contributed by atoms with van der Waals surface area (Å²) < 4.78 is 6.49. The molecule has 0 bridgehead atoms. The fourth-order valence-corrected chi connectivity index (χ4v) is 1.98. The fraction of sp³-hybridized carbons (Fsp3) is 0.417. The van der Waals surface area contributed by atoms with Crippen molar-refractivity contribution in [2.24, 2.45) is 0 Å². The summed E-state index contributed by atoms with van der Waals surface area (Å²) in [5.74, 6) is 0.140. The SMILES string of the molecule is O=C(CC1CNCCO1)c1ccc(Br)cc1. The van der Waals surface area contributed by atoms with E-state index in [0.717, 1.165) is 23.1 Å². The van der Waals surface area contributed by atoms with Crippen molar-refractivity contribution in [3.8, 4) is 0 Å². The fourth-order valence-electron chi connectivity index (χ4n) is 1.71. The Kier molecular flexibility index (Phi) is 4.09. The first-order chi connectivity index (χ1) is 7.75. The van der Waals surface area contributed by atoms with Crippen molar-refractivity contribution in [2.75, 3.05) is 19.7 Å². The molecule has 1 saturated heterocycles. The van der Waals surface area contributed by atoms with Gasteiger partial charge in [-0.05, 0) is 12.1 Å². The average molecular weight is 284 g/mol. The number of nitrogens with one attached hydrogen (secondary N) is 1. The lowest BCUT2D eigenvalue weighted by atomic mass is 10.0. The number of carbonyl (C=O) groups is 1. The van der Waals surface area contributed by atoms with Gasteiger partial charge in [0.25, 0.3) is 0 Å². The number of rotatable bonds is 3. The molecule has 2 rings (SSSR count). The summed E-state index contributed by atoms with van der Waals surface area (Å²) >= 11 is 3.35. The number of halogens is 1. The van der Waals surface area contributed by atoms with Crippen LogP contribution in [0.15, 0.2) is 28.7 Å². The van der Waals surface area contributed by atoms with Crippen LogP contribution in [-0.4, -0.2) is 31.6 Å². The topological polar surface area (TPSA) is 38.3 Å². The highest BCUT2D eigenvalue weighted by molar-refractivity contribution is 9.10. The first-order valence-electron chi connectivity index (χ1n) is 5.37. The third-order valence-corrected chi connectivity index (χ3v) is 3.11. The van der Waals surface area contributed by atoms with E-state index in [1.54, 1.807) is 0 Å². The molecule has 1 aliphatic rings. The number of hydrogen-bond donors (Lipinski definition) is 1. The molecule has 16 heavy (non-hydrogen) atoms. The second-order valence-corrected chi connectivity index (χ2v) is 4.75. The van der Waals surface area contributed by atoms with Crippen molar-refractivity contribution in [3.05, 3.63) is 34.3 Å². The summed E-state index contributed by atoms with van der Waals surface area (Å²) in [6.45, 7) is 2.34. The van der Waals surface area contributed by atoms with Gasteiger partial charge in [0.1, 0.15) is 0 Å². The smallest absolute Gasteiger partial charge is 0.165 e. The quantitative estimate of drug-likeness (QED) is 0.863. The minimum Gasteiger partial charge on any atom is -0.375 e. The molecule has 1 aromatic carbocycles. The van der Waals surface area contributed by atoms with E-state index in [4.69, 9.17) is 4.74 Å². The molecule has 3 nitrogen and oxygen atoms in total. The highest BCUT2D eigenvalue weighted by Gasteiger charge is 2.18. The Balaban J connectivity index is 1.94. The third-order valence-electron chi connectivity index (χ3n) is 2.58. The predicted molar refractivity (Wildman–Crippen MR) is 65.7 cm³/mol. The monoisotopic (exact) mass is 283 g/mol. The van der Waals surface area contributed by atoms with Gasteiger partial charge >= 0.3 is 0 Å². The van der Waals surface area contributed by atoms with Gasteiger partial charge in [0.15, 0.2) is 5.78 Å². The van der Waals surface area contributed by atoms with E-state index >= 15 is 0 Å². The van der Waals surface area contributed by atoms with E-state index in [1.807, 2.05) is 24.3 Å². The second kappa shape index (κ2) is 5.57. The van der Waals surface area contributed by atoms with Crippen LogP contribution in [0.2, 0.25) is 0 Å². The zero-order chi connectivity index (χ0) is 11.4. The molecular weight excluding hydrogens is 270 g/mol. The molecule has 1 N–H and O–H groups in total. The lowest BCUT2D eigenvalue weighted by molar-refractivity contribution is 0.0240. The minimum atomic E-state index is 0.0184. The van der Waals surface area contributed by atoms with Gasteiger partial charge in [0.2, 0.25) is 0 Å². The molecule has 1 fully saturated rings. The first-order valence-corrected chi connectivity index (χ1v) is 6.16. The number of ether oxygens (including phenoxy) is 1. The van der Waals surface area contributed by atoms with Crippen LogP contribution < -0.4 is 5.32 Å². The molecule has 0 aromatic heterocycles. The van der Waals surface area contributed by atoms with Crippen LogP contribution >= 0.6 is 15.9 Å². The van der Waals surface area contributed by atoms with Crippen LogP contribution in [0.1, 0.15) is 16.8 Å². The first kappa shape index (κ1) is 11.8. The van der Waals surface area contributed by atoms with Crippen molar-refractivity contribution < 1.29 is 9.53 Å². The Hall–Kier alpha value is -0.710. The molecule has 0 aliphatic carbocycles. The van der Waals surface area contributed by atoms with Crippen LogP contribution in [-0.2, 0) is 4.74 Å². The molecule has 1 aromatic rings. The number of benzene rings is 1. The maximum atomic E-state index is 11.9. The molecule has 0 saturated carbocycles. The van der Waals surface area contributed by atoms with Crippen molar-refractivity contribution in [2.45, 2.75) is 12.5 Å². The Bertz CT molecular complexity index is 358. The highest BCUT2D eigenvalue weighted by atomic mass is 79.9. The molecule has 4 heteroatoms. The number of carbonyl (C=O) groups excluding carboxylic acids is 1. The van der Waals surface area contributed by atoms with Crippen LogP contribution in [0.4, 0.5) is 0 Å². The molecular formula is C12H14BrNO2. The van der Waals surface area contributed by atoms with Crippen LogP contribution in [0.25, 0.3) is 0 Å². The van der Waals surface area contributed by atoms with E-state index in [-0.39, 0.29) is 11.9 Å². The third kappa shape index (κ3) is 3.14. The summed E-state index contributed by atoms with van der Waals surface area (Å²) in [7, 11) is 0. The van der Waals surface area contributed by atoms with E-state index in [1.165, 1.54) is 0 Å². The lowest BCUT2D eigenvalue weighted by Crippen LogP contribution is -2.39. The van der Waals surface area contributed by atoms with Gasteiger partial charge in [-0.1, -0.05) is 28.1 Å². The van der Waals surface area contributed by atoms with Gasteiger partial charge in [-0.2, -0.15) is 0 Å². The Morgan fingerprint density at radius 1 is 1.44 bits per heavy atom. The van der Waals surface area contributed by atoms with Crippen molar-refractivity contribution in [3.63, 3.8) is 0 Å². The maximum absolute atomic E-state index is 11.9. The van der Waals surface area contributed by atoms with Gasteiger partial charge in [-0.15, -0.1) is 0 Å². The van der Waals surface area contributed by atoms with Gasteiger partial charge in [0.05, 0.1) is 12.7 Å². The van der Waals surface area contributed by atoms with E-state index in [2.05, 4.69) is 21.2 Å². The normalized spacial score (nSPS) is 20.7. The summed E-state index contributed by atoms with van der Waals surface area (Å²) in [5, 5.41) is 3.22. The molecule has 0 radical (unpaired) electrons. The molecule has 1 aliphatic heterocycles. The van der Waals surface area contributed by atoms with Crippen molar-refractivity contribution in [1.29, 1.82) is 0 Å². The zero-order valence-corrected chi connectivity index (χ0v) is 10.5. The zero-order valence-electron chi connectivity index (χ0n) is 8.91. The van der Waals surface area contributed by atoms with Crippen LogP contribution in [0.5, 0.6) is 0 Å². The number of morpholine rings is 1. The number of ketones is 1. The van der Waals surface area contributed by atoms with Gasteiger partial charge in [0, 0.05) is 29.5 Å². The molecule has 0 amide bonds. The second-order valence-electron chi connectivity index (χ2n) is 3.83. The largest absolute Gasteiger partial charge is 0.375 e. The maximum Gasteiger partial charge on any atom is 0.165 e. The lowest BCUT2D eigenvalue weighted by Gasteiger charge is -2.22. The van der Waals surface area contributed by atoms with E-state index < -0.39 is 0 Å². The Labute approximate surface area is 103 Å². The Morgan fingerprint density at radius 2 is 2.19 bits per heavy atom. The average Bonchev–Trinajstić information content (AvgIpc) is 2.31. The summed E-state index contributed by atoms with van der Waals surface area (Å²) in [5.41, 5.74) is 0.748. The molecule has 1 atom stereocenters.